The molecule has 0 aromatic carbocycles. The summed E-state index contributed by atoms with van der Waals surface area (Å²) in [7, 11) is 0. The predicted octanol–water partition coefficient (Wildman–Crippen LogP) is 3.05. The number of halogens is 1. The molecule has 0 saturated heterocycles. The van der Waals surface area contributed by atoms with E-state index in [1.807, 2.05) is 0 Å². The van der Waals surface area contributed by atoms with Crippen LogP contribution in [0.15, 0.2) is 0 Å². The van der Waals surface area contributed by atoms with Crippen LogP contribution in [0.1, 0.15) is 40.0 Å². The van der Waals surface area contributed by atoms with E-state index in [0.29, 0.717) is 0 Å². The van der Waals surface area contributed by atoms with Crippen LogP contribution in [0.5, 0.6) is 0 Å². The van der Waals surface area contributed by atoms with E-state index in [2.05, 4.69) is 20.8 Å². The zero-order chi connectivity index (χ0) is 9.94. The fourth-order valence-electron chi connectivity index (χ4n) is 0.609. The van der Waals surface area contributed by atoms with Gasteiger partial charge in [-0.1, -0.05) is 0 Å². The van der Waals surface area contributed by atoms with Crippen LogP contribution in [-0.4, -0.2) is 19.8 Å². The second-order valence-electron chi connectivity index (χ2n) is 2.72. The summed E-state index contributed by atoms with van der Waals surface area (Å²) < 4.78 is 16.5. The zero-order valence-corrected chi connectivity index (χ0v) is 11.5. The quantitative estimate of drug-likeness (QED) is 0.641. The van der Waals surface area contributed by atoms with Gasteiger partial charge in [-0.3, -0.25) is 0 Å². The molecule has 0 unspecified atom stereocenters. The standard InChI is InChI=1S/3C3H7O.ClH.V/c3*1-2-3-4;;/h3*2-3H2,1H3;1H;/q3*-1;;+3. The molecule has 0 heterocycles. The van der Waals surface area contributed by atoms with Gasteiger partial charge < -0.3 is 0 Å². The Morgan fingerprint density at radius 1 is 0.714 bits per heavy atom. The van der Waals surface area contributed by atoms with Crippen LogP contribution in [0.25, 0.3) is 0 Å². The number of rotatable bonds is 9. The number of hydrogen-bond acceptors (Lipinski definition) is 3. The molecule has 0 N–H and O–H groups in total. The van der Waals surface area contributed by atoms with Crippen LogP contribution in [0.2, 0.25) is 0 Å². The van der Waals surface area contributed by atoms with E-state index in [0.717, 1.165) is 39.1 Å². The molecule has 3 nitrogen and oxygen atoms in total. The maximum absolute atomic E-state index is 5.50. The monoisotopic (exact) mass is 264 g/mol. The molecule has 0 aliphatic carbocycles. The molecule has 0 saturated carbocycles. The van der Waals surface area contributed by atoms with Gasteiger partial charge in [0.1, 0.15) is 0 Å². The van der Waals surface area contributed by atoms with Crippen molar-refractivity contribution in [3.8, 4) is 0 Å². The molecule has 0 aliphatic heterocycles. The molecular weight excluding hydrogens is 242 g/mol. The third-order valence-corrected chi connectivity index (χ3v) is 3.05. The van der Waals surface area contributed by atoms with Crippen LogP contribution in [-0.2, 0) is 27.2 Å². The van der Waals surface area contributed by atoms with E-state index in [4.69, 9.17) is 11.0 Å². The van der Waals surface area contributed by atoms with E-state index in [1.165, 1.54) is 0 Å². The molecule has 0 aromatic rings. The molecule has 0 fully saturated rings. The SMILES string of the molecule is CCC[O][V]([O]CCC)[O]CCC.Cl. The molecule has 0 aliphatic rings. The molecule has 14 heavy (non-hydrogen) atoms. The van der Waals surface area contributed by atoms with Crippen LogP contribution in [0.4, 0.5) is 0 Å². The number of hydrogen-bond donors (Lipinski definition) is 0. The van der Waals surface area contributed by atoms with Crippen molar-refractivity contribution in [1.29, 1.82) is 0 Å². The van der Waals surface area contributed by atoms with Gasteiger partial charge >= 0.3 is 87.1 Å². The van der Waals surface area contributed by atoms with E-state index in [9.17, 15) is 0 Å². The molecule has 0 spiro atoms. The second kappa shape index (κ2) is 13.8. The van der Waals surface area contributed by atoms with Crippen molar-refractivity contribution in [2.45, 2.75) is 40.0 Å². The Balaban J connectivity index is 0. The van der Waals surface area contributed by atoms with Gasteiger partial charge in [0, 0.05) is 0 Å². The summed E-state index contributed by atoms with van der Waals surface area (Å²) in [5, 5.41) is 0. The molecule has 88 valence electrons. The average molecular weight is 265 g/mol. The fraction of sp³-hybridized carbons (Fsp3) is 1.00. The van der Waals surface area contributed by atoms with Crippen molar-refractivity contribution in [2.75, 3.05) is 19.8 Å². The molecule has 5 heteroatoms. The van der Waals surface area contributed by atoms with Crippen molar-refractivity contribution in [2.24, 2.45) is 0 Å². The van der Waals surface area contributed by atoms with Crippen molar-refractivity contribution in [1.82, 2.24) is 0 Å². The van der Waals surface area contributed by atoms with Gasteiger partial charge in [0.2, 0.25) is 0 Å². The maximum Gasteiger partial charge on any atom is -0.147 e. The van der Waals surface area contributed by atoms with Gasteiger partial charge in [0.15, 0.2) is 0 Å². The van der Waals surface area contributed by atoms with Gasteiger partial charge in [0.05, 0.1) is 0 Å². The first-order chi connectivity index (χ1) is 6.35. The largest absolute Gasteiger partial charge is 0.147 e. The van der Waals surface area contributed by atoms with Crippen LogP contribution in [0.3, 0.4) is 0 Å². The van der Waals surface area contributed by atoms with Crippen molar-refractivity contribution in [3.63, 3.8) is 0 Å². The summed E-state index contributed by atoms with van der Waals surface area (Å²) in [5.41, 5.74) is 0. The third kappa shape index (κ3) is 10.8. The van der Waals surface area contributed by atoms with Crippen LogP contribution >= 0.6 is 12.4 Å². The van der Waals surface area contributed by atoms with Gasteiger partial charge in [-0.05, 0) is 0 Å². The Morgan fingerprint density at radius 3 is 1.21 bits per heavy atom. The first-order valence-corrected chi connectivity index (χ1v) is 6.75. The maximum atomic E-state index is 5.50. The molecule has 0 radical (unpaired) electrons. The molecule has 0 aromatic heterocycles. The predicted molar refractivity (Wildman–Crippen MR) is 56.0 cm³/mol. The topological polar surface area (TPSA) is 27.7 Å². The van der Waals surface area contributed by atoms with E-state index >= 15 is 0 Å². The molecule has 0 bridgehead atoms. The fourth-order valence-corrected chi connectivity index (χ4v) is 2.51. The van der Waals surface area contributed by atoms with Gasteiger partial charge in [-0.25, -0.2) is 0 Å². The molecule has 0 amide bonds. The minimum atomic E-state index is -1.85. The first-order valence-electron chi connectivity index (χ1n) is 5.04. The zero-order valence-electron chi connectivity index (χ0n) is 9.32. The Bertz CT molecular complexity index is 87.0. The Morgan fingerprint density at radius 2 is 1.00 bits per heavy atom. The van der Waals surface area contributed by atoms with Crippen molar-refractivity contribution >= 4 is 12.4 Å². The first kappa shape index (κ1) is 17.2. The van der Waals surface area contributed by atoms with Crippen LogP contribution < -0.4 is 0 Å². The molecular formula is C9H22ClO3V. The van der Waals surface area contributed by atoms with Crippen molar-refractivity contribution < 1.29 is 27.2 Å². The summed E-state index contributed by atoms with van der Waals surface area (Å²) in [5.74, 6) is 0. The summed E-state index contributed by atoms with van der Waals surface area (Å²) in [6.45, 7) is 8.54. The normalized spacial score (nSPS) is 10.3. The van der Waals surface area contributed by atoms with E-state index in [1.54, 1.807) is 0 Å². The smallest absolute Gasteiger partial charge is 0.147 e. The summed E-state index contributed by atoms with van der Waals surface area (Å²) in [4.78, 5) is 0. The van der Waals surface area contributed by atoms with Gasteiger partial charge in [-0.15, -0.1) is 12.4 Å². The third-order valence-electron chi connectivity index (χ3n) is 1.20. The van der Waals surface area contributed by atoms with E-state index < -0.39 is 16.2 Å². The Kier molecular flexibility index (Phi) is 16.9. The van der Waals surface area contributed by atoms with Gasteiger partial charge in [0.25, 0.3) is 0 Å². The van der Waals surface area contributed by atoms with Crippen LogP contribution in [0, 0.1) is 0 Å². The average Bonchev–Trinajstić information content (AvgIpc) is 2.17. The molecule has 0 atom stereocenters. The Hall–Kier alpha value is 0.754. The Labute approximate surface area is 99.5 Å². The summed E-state index contributed by atoms with van der Waals surface area (Å²) in [6, 6.07) is 0. The van der Waals surface area contributed by atoms with E-state index in [-0.39, 0.29) is 12.4 Å². The van der Waals surface area contributed by atoms with Crippen molar-refractivity contribution in [3.05, 3.63) is 0 Å². The second-order valence-corrected chi connectivity index (χ2v) is 4.63. The minimum absolute atomic E-state index is 0. The molecule has 0 rings (SSSR count). The summed E-state index contributed by atoms with van der Waals surface area (Å²) in [6.07, 6.45) is 3.07. The summed E-state index contributed by atoms with van der Waals surface area (Å²) >= 11 is -1.85. The van der Waals surface area contributed by atoms with Gasteiger partial charge in [-0.2, -0.15) is 0 Å². The minimum Gasteiger partial charge on any atom is -0.147 e.